The minimum atomic E-state index is 0.368. The fourth-order valence-electron chi connectivity index (χ4n) is 2.60. The van der Waals surface area contributed by atoms with Crippen LogP contribution in [0.25, 0.3) is 11.3 Å². The van der Waals surface area contributed by atoms with Crippen molar-refractivity contribution in [2.75, 3.05) is 7.11 Å². The second kappa shape index (κ2) is 5.48. The van der Waals surface area contributed by atoms with Crippen LogP contribution in [-0.2, 0) is 6.42 Å². The lowest BCUT2D eigenvalue weighted by Gasteiger charge is -2.17. The molecule has 0 bridgehead atoms. The minimum absolute atomic E-state index is 0.368. The Balaban J connectivity index is 1.88. The van der Waals surface area contributed by atoms with Crippen molar-refractivity contribution in [3.05, 3.63) is 42.5 Å². The van der Waals surface area contributed by atoms with Crippen LogP contribution in [0.1, 0.15) is 5.56 Å². The molecule has 0 saturated carbocycles. The van der Waals surface area contributed by atoms with E-state index in [1.807, 2.05) is 12.1 Å². The van der Waals surface area contributed by atoms with Crippen LogP contribution >= 0.6 is 11.6 Å². The molecule has 23 heavy (non-hydrogen) atoms. The molecule has 0 atom stereocenters. The molecule has 0 radical (unpaired) electrons. The number of imidazole rings is 1. The molecule has 1 N–H and O–H groups in total. The first kappa shape index (κ1) is 13.9. The molecule has 0 fully saturated rings. The van der Waals surface area contributed by atoms with E-state index in [4.69, 9.17) is 16.3 Å². The molecule has 3 heterocycles. The van der Waals surface area contributed by atoms with E-state index in [0.29, 0.717) is 17.4 Å². The Kier molecular flexibility index (Phi) is 3.31. The zero-order chi connectivity index (χ0) is 15.8. The van der Waals surface area contributed by atoms with Crippen LogP contribution < -0.4 is 4.74 Å². The van der Waals surface area contributed by atoms with Gasteiger partial charge in [0.15, 0.2) is 5.84 Å². The molecule has 0 unspecified atom stereocenters. The predicted molar refractivity (Wildman–Crippen MR) is 91.2 cm³/mol. The van der Waals surface area contributed by atoms with Crippen LogP contribution in [0.2, 0.25) is 0 Å². The Bertz CT molecular complexity index is 893. The number of H-pyrrole nitrogens is 1. The molecule has 2 aliphatic rings. The molecule has 2 aliphatic heterocycles. The first-order chi connectivity index (χ1) is 11.2. The quantitative estimate of drug-likeness (QED) is 0.920. The first-order valence-corrected chi connectivity index (χ1v) is 7.38. The second-order valence-electron chi connectivity index (χ2n) is 5.08. The summed E-state index contributed by atoms with van der Waals surface area (Å²) in [5, 5.41) is 0.368. The summed E-state index contributed by atoms with van der Waals surface area (Å²) >= 11 is 5.99. The fourth-order valence-corrected chi connectivity index (χ4v) is 2.74. The van der Waals surface area contributed by atoms with Crippen molar-refractivity contribution >= 4 is 34.0 Å². The molecule has 0 aliphatic carbocycles. The third-order valence-corrected chi connectivity index (χ3v) is 3.90. The smallest absolute Gasteiger partial charge is 0.176 e. The second-order valence-corrected chi connectivity index (χ2v) is 5.47. The van der Waals surface area contributed by atoms with Gasteiger partial charge in [-0.05, 0) is 17.7 Å². The predicted octanol–water partition coefficient (Wildman–Crippen LogP) is 3.28. The Morgan fingerprint density at radius 1 is 1.26 bits per heavy atom. The zero-order valence-corrected chi connectivity index (χ0v) is 13.0. The van der Waals surface area contributed by atoms with Crippen LogP contribution in [0.15, 0.2) is 51.9 Å². The highest BCUT2D eigenvalue weighted by atomic mass is 35.5. The van der Waals surface area contributed by atoms with Crippen molar-refractivity contribution in [1.29, 1.82) is 0 Å². The van der Waals surface area contributed by atoms with Crippen molar-refractivity contribution < 1.29 is 4.74 Å². The van der Waals surface area contributed by atoms with Crippen LogP contribution in [0.5, 0.6) is 5.75 Å². The maximum absolute atomic E-state index is 5.99. The van der Waals surface area contributed by atoms with E-state index in [1.54, 1.807) is 31.9 Å². The number of nitrogens with zero attached hydrogens (tertiary/aromatic N) is 4. The van der Waals surface area contributed by atoms with E-state index in [2.05, 4.69) is 24.9 Å². The van der Waals surface area contributed by atoms with Gasteiger partial charge in [0.2, 0.25) is 0 Å². The number of hydrogen-bond acceptors (Lipinski definition) is 5. The maximum atomic E-state index is 5.99. The normalized spacial score (nSPS) is 15.8. The molecule has 2 aromatic rings. The van der Waals surface area contributed by atoms with Gasteiger partial charge in [-0.1, -0.05) is 11.6 Å². The number of amidine groups is 1. The van der Waals surface area contributed by atoms with Gasteiger partial charge in [-0.2, -0.15) is 0 Å². The van der Waals surface area contributed by atoms with Gasteiger partial charge in [-0.15, -0.1) is 0 Å². The Morgan fingerprint density at radius 3 is 2.96 bits per heavy atom. The molecule has 6 nitrogen and oxygen atoms in total. The summed E-state index contributed by atoms with van der Waals surface area (Å²) in [6.07, 6.45) is 7.33. The van der Waals surface area contributed by atoms with E-state index < -0.39 is 0 Å². The lowest BCUT2D eigenvalue weighted by atomic mass is 9.98. The number of aromatic nitrogens is 2. The zero-order valence-electron chi connectivity index (χ0n) is 12.2. The van der Waals surface area contributed by atoms with Crippen LogP contribution in [0.4, 0.5) is 5.69 Å². The van der Waals surface area contributed by atoms with Crippen LogP contribution in [-0.4, -0.2) is 33.8 Å². The van der Waals surface area contributed by atoms with Gasteiger partial charge in [0.1, 0.15) is 10.9 Å². The summed E-state index contributed by atoms with van der Waals surface area (Å²) in [4.78, 5) is 20.4. The van der Waals surface area contributed by atoms with Crippen molar-refractivity contribution in [2.24, 2.45) is 15.0 Å². The Labute approximate surface area is 137 Å². The topological polar surface area (TPSA) is 75.0 Å². The van der Waals surface area contributed by atoms with Gasteiger partial charge >= 0.3 is 0 Å². The summed E-state index contributed by atoms with van der Waals surface area (Å²) in [5.41, 5.74) is 4.50. The molecule has 1 aromatic heterocycles. The van der Waals surface area contributed by atoms with E-state index in [-0.39, 0.29) is 0 Å². The van der Waals surface area contributed by atoms with Crippen molar-refractivity contribution in [3.63, 3.8) is 0 Å². The molecule has 0 spiro atoms. The van der Waals surface area contributed by atoms with Gasteiger partial charge in [0, 0.05) is 24.3 Å². The van der Waals surface area contributed by atoms with Crippen molar-refractivity contribution in [3.8, 4) is 17.0 Å². The summed E-state index contributed by atoms with van der Waals surface area (Å²) in [5.74, 6) is 1.27. The number of fused-ring (bicyclic) bond motifs is 2. The number of halogens is 1. The van der Waals surface area contributed by atoms with Gasteiger partial charge < -0.3 is 9.72 Å². The van der Waals surface area contributed by atoms with Crippen LogP contribution in [0, 0.1) is 0 Å². The number of aliphatic imine (C=N–C) groups is 3. The molecule has 0 saturated heterocycles. The number of ether oxygens (including phenoxy) is 1. The van der Waals surface area contributed by atoms with Gasteiger partial charge in [-0.3, -0.25) is 4.99 Å². The molecule has 1 aromatic carbocycles. The number of methoxy groups -OCH3 is 1. The largest absolute Gasteiger partial charge is 0.496 e. The molecular weight excluding hydrogens is 314 g/mol. The summed E-state index contributed by atoms with van der Waals surface area (Å²) < 4.78 is 5.50. The third-order valence-electron chi connectivity index (χ3n) is 3.69. The number of nitrogens with one attached hydrogen (secondary N) is 1. The number of rotatable bonds is 2. The monoisotopic (exact) mass is 325 g/mol. The maximum Gasteiger partial charge on any atom is 0.176 e. The molecule has 114 valence electrons. The van der Waals surface area contributed by atoms with Gasteiger partial charge in [0.25, 0.3) is 0 Å². The van der Waals surface area contributed by atoms with Crippen LogP contribution in [0.3, 0.4) is 0 Å². The van der Waals surface area contributed by atoms with Gasteiger partial charge in [-0.25, -0.2) is 15.0 Å². The number of allylic oxidation sites excluding steroid dienone is 1. The molecular formula is C16H12ClN5O. The minimum Gasteiger partial charge on any atom is -0.496 e. The highest BCUT2D eigenvalue weighted by molar-refractivity contribution is 6.70. The van der Waals surface area contributed by atoms with Gasteiger partial charge in [0.05, 0.1) is 36.7 Å². The summed E-state index contributed by atoms with van der Waals surface area (Å²) in [6, 6.07) is 3.95. The lowest BCUT2D eigenvalue weighted by Crippen LogP contribution is -2.18. The summed E-state index contributed by atoms with van der Waals surface area (Å²) in [7, 11) is 1.63. The van der Waals surface area contributed by atoms with E-state index in [1.165, 1.54) is 0 Å². The highest BCUT2D eigenvalue weighted by Gasteiger charge is 2.22. The lowest BCUT2D eigenvalue weighted by molar-refractivity contribution is 0.416. The standard InChI is InChI=1S/C16H12ClN5O/c1-23-14-6-11-9(4-10(14)13-7-18-8-20-13)5-12-16(21-11)22-15(17)2-3-19-12/h2-4,6-8H,5H2,1H3,(H,18,20). The average Bonchev–Trinajstić information content (AvgIpc) is 3.02. The Morgan fingerprint density at radius 2 is 2.17 bits per heavy atom. The average molecular weight is 326 g/mol. The van der Waals surface area contributed by atoms with E-state index >= 15 is 0 Å². The first-order valence-electron chi connectivity index (χ1n) is 7.01. The molecule has 4 rings (SSSR count). The van der Waals surface area contributed by atoms with E-state index in [9.17, 15) is 0 Å². The summed E-state index contributed by atoms with van der Waals surface area (Å²) in [6.45, 7) is 0. The number of benzene rings is 1. The number of hydrogen-bond donors (Lipinski definition) is 1. The molecule has 0 amide bonds. The number of aromatic amines is 1. The SMILES string of the molecule is COc1cc2c(cc1-c1cnc[nH]1)CC1=NC=CC(Cl)=NC1=N2. The fraction of sp³-hybridized carbons (Fsp3) is 0.125. The van der Waals surface area contributed by atoms with Crippen molar-refractivity contribution in [2.45, 2.75) is 6.42 Å². The molecule has 7 heteroatoms. The Hall–Kier alpha value is -2.73. The van der Waals surface area contributed by atoms with E-state index in [0.717, 1.165) is 34.0 Å². The highest BCUT2D eigenvalue weighted by Crippen LogP contribution is 2.37. The van der Waals surface area contributed by atoms with Crippen molar-refractivity contribution in [1.82, 2.24) is 9.97 Å². The third kappa shape index (κ3) is 2.47.